The number of likely N-dealkylation sites (N-methyl/N-ethyl adjacent to an activating group) is 1. The quantitative estimate of drug-likeness (QED) is 0.906. The lowest BCUT2D eigenvalue weighted by Crippen LogP contribution is -2.37. The molecule has 4 nitrogen and oxygen atoms in total. The molecule has 1 N–H and O–H groups in total. The summed E-state index contributed by atoms with van der Waals surface area (Å²) in [6.45, 7) is 14.4. The van der Waals surface area contributed by atoms with Crippen molar-refractivity contribution in [2.24, 2.45) is 5.92 Å². The Morgan fingerprint density at radius 2 is 2.14 bits per heavy atom. The van der Waals surface area contributed by atoms with E-state index in [1.54, 1.807) is 0 Å². The maximum Gasteiger partial charge on any atom is 0.186 e. The molecule has 0 amide bonds. The Morgan fingerprint density at radius 1 is 1.38 bits per heavy atom. The van der Waals surface area contributed by atoms with E-state index in [-0.39, 0.29) is 0 Å². The van der Waals surface area contributed by atoms with E-state index in [2.05, 4.69) is 49.9 Å². The molecule has 2 heterocycles. The zero-order valence-corrected chi connectivity index (χ0v) is 15.0. The van der Waals surface area contributed by atoms with Crippen molar-refractivity contribution >= 4 is 16.5 Å². The normalized spacial score (nSPS) is 21.0. The molecule has 2 rings (SSSR count). The van der Waals surface area contributed by atoms with Crippen molar-refractivity contribution in [3.8, 4) is 0 Å². The summed E-state index contributed by atoms with van der Waals surface area (Å²) in [5, 5.41) is 4.74. The highest BCUT2D eigenvalue weighted by atomic mass is 32.1. The molecule has 120 valence electrons. The van der Waals surface area contributed by atoms with Crippen molar-refractivity contribution in [2.45, 2.75) is 46.7 Å². The second-order valence-corrected chi connectivity index (χ2v) is 7.75. The molecule has 1 aromatic rings. The number of thiazole rings is 1. The molecule has 1 aliphatic heterocycles. The van der Waals surface area contributed by atoms with Gasteiger partial charge in [-0.15, -0.1) is 11.3 Å². The van der Waals surface area contributed by atoms with Crippen molar-refractivity contribution < 1.29 is 0 Å². The number of rotatable bonds is 5. The van der Waals surface area contributed by atoms with Crippen LogP contribution in [0, 0.1) is 12.8 Å². The molecule has 0 aliphatic carbocycles. The predicted molar refractivity (Wildman–Crippen MR) is 92.3 cm³/mol. The lowest BCUT2D eigenvalue weighted by Gasteiger charge is -2.27. The van der Waals surface area contributed by atoms with E-state index in [1.165, 1.54) is 28.7 Å². The van der Waals surface area contributed by atoms with E-state index >= 15 is 0 Å². The summed E-state index contributed by atoms with van der Waals surface area (Å²) in [6.07, 6.45) is 1.22. The van der Waals surface area contributed by atoms with Crippen molar-refractivity contribution in [3.63, 3.8) is 0 Å². The van der Waals surface area contributed by atoms with Crippen LogP contribution in [-0.2, 0) is 6.54 Å². The van der Waals surface area contributed by atoms with Gasteiger partial charge in [0.1, 0.15) is 0 Å². The highest BCUT2D eigenvalue weighted by Gasteiger charge is 2.23. The molecule has 1 unspecified atom stereocenters. The summed E-state index contributed by atoms with van der Waals surface area (Å²) in [4.78, 5) is 11.1. The summed E-state index contributed by atoms with van der Waals surface area (Å²) in [5.74, 6) is 0.693. The number of aromatic nitrogens is 1. The van der Waals surface area contributed by atoms with E-state index in [4.69, 9.17) is 4.98 Å². The molecule has 0 radical (unpaired) electrons. The fraction of sp³-hybridized carbons (Fsp3) is 0.812. The van der Waals surface area contributed by atoms with Crippen molar-refractivity contribution in [2.75, 3.05) is 38.1 Å². The van der Waals surface area contributed by atoms with Crippen LogP contribution in [0.3, 0.4) is 0 Å². The zero-order chi connectivity index (χ0) is 15.4. The summed E-state index contributed by atoms with van der Waals surface area (Å²) in [5.41, 5.74) is 1.19. The van der Waals surface area contributed by atoms with Gasteiger partial charge in [-0.3, -0.25) is 0 Å². The minimum absolute atomic E-state index is 0.541. The second-order valence-electron chi connectivity index (χ2n) is 6.69. The van der Waals surface area contributed by atoms with Crippen LogP contribution in [0.1, 0.15) is 37.8 Å². The largest absolute Gasteiger partial charge is 0.344 e. The molecule has 1 aliphatic rings. The van der Waals surface area contributed by atoms with Gasteiger partial charge in [-0.2, -0.15) is 0 Å². The number of hydrogen-bond donors (Lipinski definition) is 1. The highest BCUT2D eigenvalue weighted by molar-refractivity contribution is 7.15. The number of hydrogen-bond acceptors (Lipinski definition) is 5. The predicted octanol–water partition coefficient (Wildman–Crippen LogP) is 2.73. The topological polar surface area (TPSA) is 31.4 Å². The van der Waals surface area contributed by atoms with Crippen LogP contribution in [0.4, 0.5) is 5.13 Å². The molecule has 0 saturated carbocycles. The fourth-order valence-corrected chi connectivity index (χ4v) is 3.99. The summed E-state index contributed by atoms with van der Waals surface area (Å²) >= 11 is 1.87. The van der Waals surface area contributed by atoms with Gasteiger partial charge in [0.15, 0.2) is 5.13 Å². The van der Waals surface area contributed by atoms with Crippen LogP contribution in [0.15, 0.2) is 0 Å². The first kappa shape index (κ1) is 16.7. The molecule has 1 saturated heterocycles. The van der Waals surface area contributed by atoms with Gasteiger partial charge in [0.05, 0.1) is 5.69 Å². The van der Waals surface area contributed by atoms with E-state index in [9.17, 15) is 0 Å². The van der Waals surface area contributed by atoms with Gasteiger partial charge in [-0.25, -0.2) is 4.98 Å². The Labute approximate surface area is 133 Å². The van der Waals surface area contributed by atoms with E-state index < -0.39 is 0 Å². The van der Waals surface area contributed by atoms with Gasteiger partial charge in [0, 0.05) is 30.6 Å². The lowest BCUT2D eigenvalue weighted by atomic mass is 10.2. The Kier molecular flexibility index (Phi) is 6.02. The molecule has 5 heteroatoms. The van der Waals surface area contributed by atoms with Crippen LogP contribution in [-0.4, -0.2) is 49.2 Å². The number of anilines is 1. The molecule has 1 aromatic heterocycles. The summed E-state index contributed by atoms with van der Waals surface area (Å²) < 4.78 is 0. The first-order chi connectivity index (χ1) is 9.97. The fourth-order valence-electron chi connectivity index (χ4n) is 2.83. The van der Waals surface area contributed by atoms with Crippen LogP contribution >= 0.6 is 11.3 Å². The molecule has 0 bridgehead atoms. The van der Waals surface area contributed by atoms with Gasteiger partial charge in [0.2, 0.25) is 0 Å². The van der Waals surface area contributed by atoms with Crippen molar-refractivity contribution in [1.82, 2.24) is 15.2 Å². The zero-order valence-electron chi connectivity index (χ0n) is 14.1. The average molecular weight is 311 g/mol. The Bertz CT molecular complexity index is 443. The molecule has 0 spiro atoms. The van der Waals surface area contributed by atoms with E-state index in [0.717, 1.165) is 26.2 Å². The highest BCUT2D eigenvalue weighted by Crippen LogP contribution is 2.28. The summed E-state index contributed by atoms with van der Waals surface area (Å²) in [7, 11) is 2.22. The van der Waals surface area contributed by atoms with Gasteiger partial charge in [0.25, 0.3) is 0 Å². The maximum absolute atomic E-state index is 4.84. The third-order valence-electron chi connectivity index (χ3n) is 4.01. The van der Waals surface area contributed by atoms with Crippen LogP contribution < -0.4 is 10.2 Å². The van der Waals surface area contributed by atoms with Crippen molar-refractivity contribution in [3.05, 3.63) is 10.6 Å². The molecule has 1 atom stereocenters. The minimum atomic E-state index is 0.541. The Balaban J connectivity index is 2.03. The Morgan fingerprint density at radius 3 is 2.86 bits per heavy atom. The van der Waals surface area contributed by atoms with Crippen LogP contribution in [0.5, 0.6) is 0 Å². The first-order valence-corrected chi connectivity index (χ1v) is 8.91. The Hall–Kier alpha value is -0.650. The molecule has 0 aromatic carbocycles. The third-order valence-corrected chi connectivity index (χ3v) is 5.21. The summed E-state index contributed by atoms with van der Waals surface area (Å²) in [6, 6.07) is 0.541. The van der Waals surface area contributed by atoms with E-state index in [0.29, 0.717) is 12.0 Å². The van der Waals surface area contributed by atoms with Gasteiger partial charge < -0.3 is 15.1 Å². The van der Waals surface area contributed by atoms with Gasteiger partial charge >= 0.3 is 0 Å². The molecule has 21 heavy (non-hydrogen) atoms. The number of nitrogens with zero attached hydrogens (tertiary/aromatic N) is 3. The number of nitrogens with one attached hydrogen (secondary N) is 1. The standard InChI is InChI=1S/C16H30N4S/c1-12(2)9-17-10-15-14(4)18-16(21-15)20-8-6-7-19(5)11-13(20)3/h12-13,17H,6-11H2,1-5H3. The van der Waals surface area contributed by atoms with Crippen LogP contribution in [0.2, 0.25) is 0 Å². The van der Waals surface area contributed by atoms with Gasteiger partial charge in [-0.05, 0) is 46.3 Å². The molecular formula is C16H30N4S. The minimum Gasteiger partial charge on any atom is -0.344 e. The molecule has 1 fully saturated rings. The van der Waals surface area contributed by atoms with E-state index in [1.807, 2.05) is 11.3 Å². The average Bonchev–Trinajstić information content (AvgIpc) is 2.65. The monoisotopic (exact) mass is 310 g/mol. The second kappa shape index (κ2) is 7.56. The van der Waals surface area contributed by atoms with Crippen LogP contribution in [0.25, 0.3) is 0 Å². The number of aryl methyl sites for hydroxylation is 1. The lowest BCUT2D eigenvalue weighted by molar-refractivity contribution is 0.337. The smallest absolute Gasteiger partial charge is 0.186 e. The first-order valence-electron chi connectivity index (χ1n) is 8.09. The maximum atomic E-state index is 4.84. The molecular weight excluding hydrogens is 280 g/mol. The van der Waals surface area contributed by atoms with Gasteiger partial charge in [-0.1, -0.05) is 13.8 Å². The van der Waals surface area contributed by atoms with Crippen molar-refractivity contribution in [1.29, 1.82) is 0 Å². The third kappa shape index (κ3) is 4.66. The SMILES string of the molecule is Cc1nc(N2CCCN(C)CC2C)sc1CNCC(C)C.